The van der Waals surface area contributed by atoms with E-state index in [0.29, 0.717) is 5.02 Å². The second-order valence-electron chi connectivity index (χ2n) is 4.97. The van der Waals surface area contributed by atoms with E-state index in [-0.39, 0.29) is 0 Å². The Morgan fingerprint density at radius 2 is 2.00 bits per heavy atom. The molecule has 3 heterocycles. The normalized spacial score (nSPS) is 25.7. The van der Waals surface area contributed by atoms with Gasteiger partial charge in [-0.1, -0.05) is 11.6 Å². The van der Waals surface area contributed by atoms with E-state index in [1.807, 2.05) is 12.1 Å². The van der Waals surface area contributed by atoms with Gasteiger partial charge in [0.1, 0.15) is 5.82 Å². The van der Waals surface area contributed by atoms with E-state index >= 15 is 0 Å². The summed E-state index contributed by atoms with van der Waals surface area (Å²) in [6, 6.07) is 4.68. The van der Waals surface area contributed by atoms with Crippen molar-refractivity contribution in [3.63, 3.8) is 0 Å². The summed E-state index contributed by atoms with van der Waals surface area (Å²) >= 11 is 5.86. The van der Waals surface area contributed by atoms with Crippen LogP contribution in [0.4, 0.5) is 5.82 Å². The molecular weight excluding hydrogens is 234 g/mol. The number of likely N-dealkylation sites (tertiary alicyclic amines) is 1. The van der Waals surface area contributed by atoms with Gasteiger partial charge < -0.3 is 4.90 Å². The number of aromatic nitrogens is 1. The maximum Gasteiger partial charge on any atom is 0.128 e. The standard InChI is InChI=1S/C13H18ClN3/c14-11-3-4-13(15-9-11)17-8-5-12(10-17)16-6-1-2-7-16/h3-4,9,12H,1-2,5-8,10H2. The van der Waals surface area contributed by atoms with Crippen molar-refractivity contribution in [2.75, 3.05) is 31.1 Å². The lowest BCUT2D eigenvalue weighted by molar-refractivity contribution is 0.260. The predicted octanol–water partition coefficient (Wildman–Crippen LogP) is 2.41. The van der Waals surface area contributed by atoms with Crippen molar-refractivity contribution >= 4 is 17.4 Å². The van der Waals surface area contributed by atoms with E-state index in [4.69, 9.17) is 11.6 Å². The highest BCUT2D eigenvalue weighted by Gasteiger charge is 2.29. The van der Waals surface area contributed by atoms with Gasteiger partial charge in [-0.05, 0) is 44.5 Å². The van der Waals surface area contributed by atoms with Crippen LogP contribution in [-0.2, 0) is 0 Å². The smallest absolute Gasteiger partial charge is 0.128 e. The molecule has 2 saturated heterocycles. The Morgan fingerprint density at radius 1 is 1.18 bits per heavy atom. The van der Waals surface area contributed by atoms with E-state index in [1.165, 1.54) is 32.4 Å². The second kappa shape index (κ2) is 4.83. The molecule has 2 aliphatic heterocycles. The average Bonchev–Trinajstić information content (AvgIpc) is 3.00. The fourth-order valence-electron chi connectivity index (χ4n) is 2.91. The first-order chi connectivity index (χ1) is 8.33. The molecule has 4 heteroatoms. The van der Waals surface area contributed by atoms with Crippen molar-refractivity contribution in [2.24, 2.45) is 0 Å². The van der Waals surface area contributed by atoms with Crippen LogP contribution < -0.4 is 4.90 Å². The molecule has 2 fully saturated rings. The minimum atomic E-state index is 0.712. The summed E-state index contributed by atoms with van der Waals surface area (Å²) in [5, 5.41) is 0.712. The third-order valence-corrected chi connectivity index (χ3v) is 4.08. The van der Waals surface area contributed by atoms with Crippen molar-refractivity contribution in [3.05, 3.63) is 23.4 Å². The quantitative estimate of drug-likeness (QED) is 0.805. The van der Waals surface area contributed by atoms with E-state index in [9.17, 15) is 0 Å². The average molecular weight is 252 g/mol. The van der Waals surface area contributed by atoms with Crippen LogP contribution in [0.3, 0.4) is 0 Å². The van der Waals surface area contributed by atoms with Crippen LogP contribution in [0.15, 0.2) is 18.3 Å². The topological polar surface area (TPSA) is 19.4 Å². The van der Waals surface area contributed by atoms with Crippen LogP contribution in [0.2, 0.25) is 5.02 Å². The summed E-state index contributed by atoms with van der Waals surface area (Å²) in [5.74, 6) is 1.07. The van der Waals surface area contributed by atoms with Crippen molar-refractivity contribution in [2.45, 2.75) is 25.3 Å². The number of halogens is 1. The summed E-state index contributed by atoms with van der Waals surface area (Å²) in [6.45, 7) is 4.81. The zero-order valence-corrected chi connectivity index (χ0v) is 10.7. The van der Waals surface area contributed by atoms with Crippen LogP contribution in [-0.4, -0.2) is 42.1 Å². The zero-order chi connectivity index (χ0) is 11.7. The molecule has 0 aromatic carbocycles. The highest BCUT2D eigenvalue weighted by atomic mass is 35.5. The first kappa shape index (κ1) is 11.3. The number of hydrogen-bond donors (Lipinski definition) is 0. The van der Waals surface area contributed by atoms with E-state index < -0.39 is 0 Å². The molecule has 0 saturated carbocycles. The molecule has 0 aliphatic carbocycles. The Kier molecular flexibility index (Phi) is 3.21. The molecule has 1 aromatic heterocycles. The fraction of sp³-hybridized carbons (Fsp3) is 0.615. The van der Waals surface area contributed by atoms with Gasteiger partial charge in [0, 0.05) is 25.3 Å². The maximum absolute atomic E-state index is 5.86. The van der Waals surface area contributed by atoms with Gasteiger partial charge in [0.15, 0.2) is 0 Å². The van der Waals surface area contributed by atoms with Gasteiger partial charge in [-0.3, -0.25) is 4.90 Å². The molecule has 3 nitrogen and oxygen atoms in total. The SMILES string of the molecule is Clc1ccc(N2CCC(N3CCCC3)C2)nc1. The minimum Gasteiger partial charge on any atom is -0.355 e. The van der Waals surface area contributed by atoms with Gasteiger partial charge in [-0.2, -0.15) is 0 Å². The van der Waals surface area contributed by atoms with Gasteiger partial charge in [-0.25, -0.2) is 4.98 Å². The summed E-state index contributed by atoms with van der Waals surface area (Å²) < 4.78 is 0. The molecule has 3 rings (SSSR count). The molecule has 1 atom stereocenters. The van der Waals surface area contributed by atoms with Crippen molar-refractivity contribution in [3.8, 4) is 0 Å². The maximum atomic E-state index is 5.86. The van der Waals surface area contributed by atoms with Crippen LogP contribution in [0, 0.1) is 0 Å². The summed E-state index contributed by atoms with van der Waals surface area (Å²) in [6.07, 6.45) is 5.75. The fourth-order valence-corrected chi connectivity index (χ4v) is 3.02. The summed E-state index contributed by atoms with van der Waals surface area (Å²) in [7, 11) is 0. The highest BCUT2D eigenvalue weighted by molar-refractivity contribution is 6.30. The molecule has 2 aliphatic rings. The Morgan fingerprint density at radius 3 is 2.71 bits per heavy atom. The lowest BCUT2D eigenvalue weighted by atomic mass is 10.2. The molecule has 0 amide bonds. The van der Waals surface area contributed by atoms with Crippen molar-refractivity contribution < 1.29 is 0 Å². The Balaban J connectivity index is 1.65. The Hall–Kier alpha value is -0.800. The van der Waals surface area contributed by atoms with Gasteiger partial charge in [0.25, 0.3) is 0 Å². The summed E-state index contributed by atoms with van der Waals surface area (Å²) in [4.78, 5) is 9.41. The van der Waals surface area contributed by atoms with Crippen LogP contribution in [0.25, 0.3) is 0 Å². The predicted molar refractivity (Wildman–Crippen MR) is 70.7 cm³/mol. The molecule has 1 unspecified atom stereocenters. The zero-order valence-electron chi connectivity index (χ0n) is 9.98. The minimum absolute atomic E-state index is 0.712. The number of anilines is 1. The number of hydrogen-bond acceptors (Lipinski definition) is 3. The summed E-state index contributed by atoms with van der Waals surface area (Å²) in [5.41, 5.74) is 0. The number of nitrogens with zero attached hydrogens (tertiary/aromatic N) is 3. The Labute approximate surface area is 107 Å². The van der Waals surface area contributed by atoms with E-state index in [1.54, 1.807) is 6.20 Å². The van der Waals surface area contributed by atoms with Crippen LogP contribution in [0.5, 0.6) is 0 Å². The molecule has 1 aromatic rings. The number of pyridine rings is 1. The van der Waals surface area contributed by atoms with Gasteiger partial charge in [-0.15, -0.1) is 0 Å². The van der Waals surface area contributed by atoms with Crippen LogP contribution >= 0.6 is 11.6 Å². The Bertz CT molecular complexity index is 373. The molecule has 92 valence electrons. The molecule has 0 spiro atoms. The third kappa shape index (κ3) is 2.40. The lowest BCUT2D eigenvalue weighted by Gasteiger charge is -2.24. The molecule has 0 radical (unpaired) electrons. The van der Waals surface area contributed by atoms with Gasteiger partial charge >= 0.3 is 0 Å². The number of rotatable bonds is 2. The monoisotopic (exact) mass is 251 g/mol. The first-order valence-corrected chi connectivity index (χ1v) is 6.81. The van der Waals surface area contributed by atoms with Crippen LogP contribution in [0.1, 0.15) is 19.3 Å². The molecule has 0 N–H and O–H groups in total. The van der Waals surface area contributed by atoms with Crippen molar-refractivity contribution in [1.29, 1.82) is 0 Å². The lowest BCUT2D eigenvalue weighted by Crippen LogP contribution is -2.35. The largest absolute Gasteiger partial charge is 0.355 e. The third-order valence-electron chi connectivity index (χ3n) is 3.86. The van der Waals surface area contributed by atoms with Gasteiger partial charge in [0.2, 0.25) is 0 Å². The van der Waals surface area contributed by atoms with E-state index in [2.05, 4.69) is 14.8 Å². The molecular formula is C13H18ClN3. The van der Waals surface area contributed by atoms with E-state index in [0.717, 1.165) is 24.9 Å². The molecule has 17 heavy (non-hydrogen) atoms. The van der Waals surface area contributed by atoms with Gasteiger partial charge in [0.05, 0.1) is 5.02 Å². The molecule has 0 bridgehead atoms. The first-order valence-electron chi connectivity index (χ1n) is 6.43. The highest BCUT2D eigenvalue weighted by Crippen LogP contribution is 2.24. The van der Waals surface area contributed by atoms with Crippen molar-refractivity contribution in [1.82, 2.24) is 9.88 Å². The second-order valence-corrected chi connectivity index (χ2v) is 5.40.